The maximum Gasteiger partial charge on any atom is 0.255 e. The average Bonchev–Trinajstić information content (AvgIpc) is 3.04. The number of hydrogen-bond acceptors (Lipinski definition) is 3. The lowest BCUT2D eigenvalue weighted by Crippen LogP contribution is -2.41. The molecule has 2 aliphatic rings. The minimum atomic E-state index is -0.421. The lowest BCUT2D eigenvalue weighted by molar-refractivity contribution is -0.201. The monoisotopic (exact) mass is 254 g/mol. The van der Waals surface area contributed by atoms with Crippen molar-refractivity contribution in [1.82, 2.24) is 0 Å². The molecule has 0 unspecified atom stereocenters. The van der Waals surface area contributed by atoms with E-state index in [1.807, 2.05) is 0 Å². The summed E-state index contributed by atoms with van der Waals surface area (Å²) in [7, 11) is 0. The van der Waals surface area contributed by atoms with Crippen LogP contribution in [0.15, 0.2) is 12.5 Å². The Balaban J connectivity index is 1.90. The summed E-state index contributed by atoms with van der Waals surface area (Å²) < 4.78 is 11.7. The lowest BCUT2D eigenvalue weighted by Gasteiger charge is -2.36. The summed E-state index contributed by atoms with van der Waals surface area (Å²) in [6.45, 7) is 2.49. The van der Waals surface area contributed by atoms with Gasteiger partial charge in [-0.25, -0.2) is 0 Å². The highest BCUT2D eigenvalue weighted by Gasteiger charge is 2.62. The molecule has 1 saturated carbocycles. The van der Waals surface area contributed by atoms with Crippen LogP contribution in [0.5, 0.6) is 0 Å². The third-order valence-corrected chi connectivity index (χ3v) is 4.41. The van der Waals surface area contributed by atoms with Gasteiger partial charge in [-0.3, -0.25) is 0 Å². The van der Waals surface area contributed by atoms with Crippen LogP contribution in [0.4, 0.5) is 0 Å². The Labute approximate surface area is 110 Å². The molecule has 2 rings (SSSR count). The van der Waals surface area contributed by atoms with E-state index in [2.05, 4.69) is 6.92 Å². The quantitative estimate of drug-likeness (QED) is 0.637. The number of unbranched alkanes of at least 4 members (excludes halogenated alkanes) is 3. The standard InChI is InChI=1S/C15H26O3/c1-2-3-4-5-8-15(17-12-13-18-15)14(9-10-14)7-6-11-16/h12-13,16H,2-11H2,1H3. The van der Waals surface area contributed by atoms with Crippen molar-refractivity contribution in [2.24, 2.45) is 5.41 Å². The molecular formula is C15H26O3. The Morgan fingerprint density at radius 1 is 1.00 bits per heavy atom. The van der Waals surface area contributed by atoms with Crippen molar-refractivity contribution in [3.05, 3.63) is 12.5 Å². The smallest absolute Gasteiger partial charge is 0.255 e. The van der Waals surface area contributed by atoms with Crippen molar-refractivity contribution in [2.75, 3.05) is 6.61 Å². The van der Waals surface area contributed by atoms with E-state index in [1.54, 1.807) is 12.5 Å². The molecule has 1 aliphatic heterocycles. The lowest BCUT2D eigenvalue weighted by atomic mass is 9.86. The fourth-order valence-electron chi connectivity index (χ4n) is 3.11. The second-order valence-corrected chi connectivity index (χ2v) is 5.68. The predicted molar refractivity (Wildman–Crippen MR) is 70.8 cm³/mol. The molecule has 0 amide bonds. The Bertz CT molecular complexity index is 273. The SMILES string of the molecule is CCCCCCC1(C2(CCCO)CC2)OC=CO1. The van der Waals surface area contributed by atoms with E-state index in [0.29, 0.717) is 0 Å². The van der Waals surface area contributed by atoms with E-state index in [0.717, 1.165) is 25.7 Å². The molecule has 0 spiro atoms. The van der Waals surface area contributed by atoms with Gasteiger partial charge in [0, 0.05) is 18.4 Å². The highest BCUT2D eigenvalue weighted by atomic mass is 16.7. The van der Waals surface area contributed by atoms with Crippen LogP contribution in [0.1, 0.15) is 64.7 Å². The zero-order valence-corrected chi connectivity index (χ0v) is 11.5. The molecular weight excluding hydrogens is 228 g/mol. The maximum absolute atomic E-state index is 9.03. The molecule has 0 saturated heterocycles. The van der Waals surface area contributed by atoms with Gasteiger partial charge in [-0.2, -0.15) is 0 Å². The van der Waals surface area contributed by atoms with Crippen LogP contribution >= 0.6 is 0 Å². The second kappa shape index (κ2) is 5.96. The highest BCUT2D eigenvalue weighted by Crippen LogP contribution is 2.62. The van der Waals surface area contributed by atoms with Gasteiger partial charge in [0.1, 0.15) is 12.5 Å². The summed E-state index contributed by atoms with van der Waals surface area (Å²) in [5.41, 5.74) is 0.158. The minimum Gasteiger partial charge on any atom is -0.456 e. The Morgan fingerprint density at radius 2 is 1.72 bits per heavy atom. The molecule has 1 N–H and O–H groups in total. The van der Waals surface area contributed by atoms with Crippen molar-refractivity contribution >= 4 is 0 Å². The van der Waals surface area contributed by atoms with Gasteiger partial charge < -0.3 is 14.6 Å². The Hall–Kier alpha value is -0.700. The van der Waals surface area contributed by atoms with Crippen LogP contribution in [0.2, 0.25) is 0 Å². The van der Waals surface area contributed by atoms with Crippen LogP contribution in [-0.2, 0) is 9.47 Å². The van der Waals surface area contributed by atoms with Gasteiger partial charge >= 0.3 is 0 Å². The van der Waals surface area contributed by atoms with Gasteiger partial charge in [0.2, 0.25) is 0 Å². The zero-order valence-electron chi connectivity index (χ0n) is 11.5. The number of aliphatic hydroxyl groups excluding tert-OH is 1. The van der Waals surface area contributed by atoms with Crippen molar-refractivity contribution in [3.63, 3.8) is 0 Å². The van der Waals surface area contributed by atoms with Crippen LogP contribution in [0.25, 0.3) is 0 Å². The normalized spacial score (nSPS) is 22.6. The van der Waals surface area contributed by atoms with E-state index in [4.69, 9.17) is 14.6 Å². The van der Waals surface area contributed by atoms with Crippen molar-refractivity contribution in [2.45, 2.75) is 70.5 Å². The van der Waals surface area contributed by atoms with Crippen LogP contribution in [0, 0.1) is 5.41 Å². The van der Waals surface area contributed by atoms with Gasteiger partial charge in [0.15, 0.2) is 0 Å². The largest absolute Gasteiger partial charge is 0.456 e. The Morgan fingerprint density at radius 3 is 2.28 bits per heavy atom. The van der Waals surface area contributed by atoms with Crippen LogP contribution in [0.3, 0.4) is 0 Å². The number of ether oxygens (including phenoxy) is 2. The van der Waals surface area contributed by atoms with Crippen molar-refractivity contribution < 1.29 is 14.6 Å². The summed E-state index contributed by atoms with van der Waals surface area (Å²) in [5, 5.41) is 9.03. The summed E-state index contributed by atoms with van der Waals surface area (Å²) in [6, 6.07) is 0. The second-order valence-electron chi connectivity index (χ2n) is 5.68. The summed E-state index contributed by atoms with van der Waals surface area (Å²) in [6.07, 6.45) is 13.5. The summed E-state index contributed by atoms with van der Waals surface area (Å²) in [4.78, 5) is 0. The third-order valence-electron chi connectivity index (χ3n) is 4.41. The average molecular weight is 254 g/mol. The molecule has 1 aliphatic carbocycles. The van der Waals surface area contributed by atoms with E-state index in [1.165, 1.54) is 32.1 Å². The first-order valence-electron chi connectivity index (χ1n) is 7.40. The first kappa shape index (κ1) is 13.7. The van der Waals surface area contributed by atoms with Crippen molar-refractivity contribution in [1.29, 1.82) is 0 Å². The molecule has 1 fully saturated rings. The molecule has 104 valence electrons. The van der Waals surface area contributed by atoms with E-state index >= 15 is 0 Å². The fourth-order valence-corrected chi connectivity index (χ4v) is 3.11. The molecule has 0 bridgehead atoms. The van der Waals surface area contributed by atoms with E-state index in [9.17, 15) is 0 Å². The van der Waals surface area contributed by atoms with Crippen molar-refractivity contribution in [3.8, 4) is 0 Å². The summed E-state index contributed by atoms with van der Waals surface area (Å²) >= 11 is 0. The topological polar surface area (TPSA) is 38.7 Å². The van der Waals surface area contributed by atoms with Crippen LogP contribution in [-0.4, -0.2) is 17.5 Å². The zero-order chi connectivity index (χ0) is 12.9. The molecule has 18 heavy (non-hydrogen) atoms. The molecule has 0 aromatic rings. The Kier molecular flexibility index (Phi) is 4.55. The third kappa shape index (κ3) is 2.66. The summed E-state index contributed by atoms with van der Waals surface area (Å²) in [5.74, 6) is -0.421. The van der Waals surface area contributed by atoms with Gasteiger partial charge in [0.25, 0.3) is 5.79 Å². The number of rotatable bonds is 9. The molecule has 0 aromatic carbocycles. The first-order valence-corrected chi connectivity index (χ1v) is 7.40. The predicted octanol–water partition coefficient (Wildman–Crippen LogP) is 3.72. The molecule has 3 heteroatoms. The number of hydrogen-bond donors (Lipinski definition) is 1. The maximum atomic E-state index is 9.03. The van der Waals surface area contributed by atoms with Crippen LogP contribution < -0.4 is 0 Å². The van der Waals surface area contributed by atoms with Gasteiger partial charge in [-0.15, -0.1) is 0 Å². The minimum absolute atomic E-state index is 0.158. The van der Waals surface area contributed by atoms with Gasteiger partial charge in [-0.05, 0) is 32.1 Å². The van der Waals surface area contributed by atoms with Gasteiger partial charge in [0.05, 0.1) is 0 Å². The molecule has 0 aromatic heterocycles. The highest BCUT2D eigenvalue weighted by molar-refractivity contribution is 5.07. The van der Waals surface area contributed by atoms with E-state index < -0.39 is 5.79 Å². The molecule has 1 heterocycles. The molecule has 0 radical (unpaired) electrons. The molecule has 3 nitrogen and oxygen atoms in total. The fraction of sp³-hybridized carbons (Fsp3) is 0.867. The van der Waals surface area contributed by atoms with Gasteiger partial charge in [-0.1, -0.05) is 26.2 Å². The van der Waals surface area contributed by atoms with E-state index in [-0.39, 0.29) is 12.0 Å². The number of aliphatic hydroxyl groups is 1. The first-order chi connectivity index (χ1) is 8.79. The molecule has 0 atom stereocenters.